The normalized spacial score (nSPS) is 20.2. The van der Waals surface area contributed by atoms with Crippen LogP contribution in [0.15, 0.2) is 24.3 Å². The Labute approximate surface area is 127 Å². The van der Waals surface area contributed by atoms with Crippen LogP contribution in [0.3, 0.4) is 0 Å². The maximum atomic E-state index is 10.4. The van der Waals surface area contributed by atoms with Gasteiger partial charge in [-0.3, -0.25) is 4.90 Å². The average Bonchev–Trinajstić information content (AvgIpc) is 2.39. The molecule has 0 aliphatic carbocycles. The van der Waals surface area contributed by atoms with Gasteiger partial charge in [0, 0.05) is 43.4 Å². The van der Waals surface area contributed by atoms with Gasteiger partial charge >= 0.3 is 0 Å². The molecule has 1 saturated heterocycles. The summed E-state index contributed by atoms with van der Waals surface area (Å²) in [6, 6.07) is 8.02. The van der Waals surface area contributed by atoms with Crippen LogP contribution in [0.5, 0.6) is 0 Å². The second-order valence-electron chi connectivity index (χ2n) is 6.25. The molecule has 1 aliphatic heterocycles. The third-order valence-electron chi connectivity index (χ3n) is 4.33. The van der Waals surface area contributed by atoms with Crippen molar-refractivity contribution in [3.8, 4) is 0 Å². The summed E-state index contributed by atoms with van der Waals surface area (Å²) in [7, 11) is 0. The van der Waals surface area contributed by atoms with E-state index in [9.17, 15) is 5.11 Å². The molecule has 0 saturated carbocycles. The highest BCUT2D eigenvalue weighted by atomic mass is 35.5. The van der Waals surface area contributed by atoms with Gasteiger partial charge in [0.1, 0.15) is 0 Å². The number of hydrogen-bond donors (Lipinski definition) is 1. The molecule has 112 valence electrons. The lowest BCUT2D eigenvalue weighted by atomic mass is 9.92. The summed E-state index contributed by atoms with van der Waals surface area (Å²) in [5.41, 5.74) is 0.575. The molecular weight excluding hydrogens is 272 g/mol. The second-order valence-corrected chi connectivity index (χ2v) is 6.69. The Hall–Kier alpha value is -0.770. The van der Waals surface area contributed by atoms with Crippen molar-refractivity contribution in [1.82, 2.24) is 4.90 Å². The van der Waals surface area contributed by atoms with Crippen molar-refractivity contribution in [2.75, 3.05) is 37.6 Å². The van der Waals surface area contributed by atoms with Gasteiger partial charge in [-0.1, -0.05) is 31.5 Å². The highest BCUT2D eigenvalue weighted by Crippen LogP contribution is 2.22. The van der Waals surface area contributed by atoms with Crippen molar-refractivity contribution in [3.63, 3.8) is 0 Å². The Bertz CT molecular complexity index is 440. The van der Waals surface area contributed by atoms with Crippen molar-refractivity contribution >= 4 is 17.3 Å². The van der Waals surface area contributed by atoms with Gasteiger partial charge in [-0.2, -0.15) is 0 Å². The van der Waals surface area contributed by atoms with Crippen LogP contribution in [0.4, 0.5) is 5.69 Å². The van der Waals surface area contributed by atoms with E-state index in [2.05, 4.69) is 29.7 Å². The van der Waals surface area contributed by atoms with Crippen molar-refractivity contribution < 1.29 is 5.11 Å². The SMILES string of the molecule is CC(C)C(C)(O)CN1CCN(c2cccc(Cl)c2)CC1. The number of piperazine rings is 1. The van der Waals surface area contributed by atoms with E-state index in [1.165, 1.54) is 5.69 Å². The van der Waals surface area contributed by atoms with Crippen LogP contribution < -0.4 is 4.90 Å². The molecule has 4 heteroatoms. The highest BCUT2D eigenvalue weighted by Gasteiger charge is 2.29. The molecule has 1 N–H and O–H groups in total. The van der Waals surface area contributed by atoms with E-state index >= 15 is 0 Å². The average molecular weight is 297 g/mol. The first-order valence-corrected chi connectivity index (χ1v) is 7.71. The summed E-state index contributed by atoms with van der Waals surface area (Å²) < 4.78 is 0. The first-order chi connectivity index (χ1) is 9.38. The minimum absolute atomic E-state index is 0.272. The lowest BCUT2D eigenvalue weighted by Crippen LogP contribution is -2.52. The zero-order chi connectivity index (χ0) is 14.8. The van der Waals surface area contributed by atoms with Crippen LogP contribution in [-0.2, 0) is 0 Å². The highest BCUT2D eigenvalue weighted by molar-refractivity contribution is 6.30. The Morgan fingerprint density at radius 3 is 2.45 bits per heavy atom. The maximum absolute atomic E-state index is 10.4. The molecule has 0 radical (unpaired) electrons. The smallest absolute Gasteiger partial charge is 0.0768 e. The second kappa shape index (κ2) is 6.33. The predicted octanol–water partition coefficient (Wildman–Crippen LogP) is 2.87. The van der Waals surface area contributed by atoms with Gasteiger partial charge in [0.15, 0.2) is 0 Å². The Kier molecular flexibility index (Phi) is 4.95. The van der Waals surface area contributed by atoms with Crippen LogP contribution >= 0.6 is 11.6 Å². The number of hydrogen-bond acceptors (Lipinski definition) is 3. The summed E-state index contributed by atoms with van der Waals surface area (Å²) >= 11 is 6.04. The maximum Gasteiger partial charge on any atom is 0.0768 e. The standard InChI is InChI=1S/C16H25ClN2O/c1-13(2)16(3,20)12-18-7-9-19(10-8-18)15-6-4-5-14(17)11-15/h4-6,11,13,20H,7-10,12H2,1-3H3. The monoisotopic (exact) mass is 296 g/mol. The molecule has 0 bridgehead atoms. The van der Waals surface area contributed by atoms with Gasteiger partial charge in [-0.05, 0) is 31.0 Å². The van der Waals surface area contributed by atoms with Crippen LogP contribution in [0.1, 0.15) is 20.8 Å². The van der Waals surface area contributed by atoms with E-state index < -0.39 is 5.60 Å². The largest absolute Gasteiger partial charge is 0.389 e. The molecule has 1 heterocycles. The molecule has 1 aromatic carbocycles. The minimum Gasteiger partial charge on any atom is -0.389 e. The van der Waals surface area contributed by atoms with Crippen molar-refractivity contribution in [2.24, 2.45) is 5.92 Å². The van der Waals surface area contributed by atoms with E-state index in [0.717, 1.165) is 37.7 Å². The molecule has 0 amide bonds. The van der Waals surface area contributed by atoms with Crippen molar-refractivity contribution in [3.05, 3.63) is 29.3 Å². The van der Waals surface area contributed by atoms with Gasteiger partial charge in [-0.25, -0.2) is 0 Å². The molecule has 0 spiro atoms. The molecule has 1 unspecified atom stereocenters. The van der Waals surface area contributed by atoms with Gasteiger partial charge < -0.3 is 10.0 Å². The Morgan fingerprint density at radius 1 is 1.25 bits per heavy atom. The van der Waals surface area contributed by atoms with E-state index in [0.29, 0.717) is 0 Å². The minimum atomic E-state index is -0.613. The van der Waals surface area contributed by atoms with Crippen molar-refractivity contribution in [1.29, 1.82) is 0 Å². The Morgan fingerprint density at radius 2 is 1.90 bits per heavy atom. The van der Waals surface area contributed by atoms with E-state index in [1.807, 2.05) is 25.1 Å². The lowest BCUT2D eigenvalue weighted by Gasteiger charge is -2.40. The number of halogens is 1. The fourth-order valence-electron chi connectivity index (χ4n) is 2.47. The fraction of sp³-hybridized carbons (Fsp3) is 0.625. The number of rotatable bonds is 4. The summed E-state index contributed by atoms with van der Waals surface area (Å²) in [4.78, 5) is 4.70. The first kappa shape index (κ1) is 15.6. The molecule has 1 atom stereocenters. The molecule has 20 heavy (non-hydrogen) atoms. The number of β-amino-alcohol motifs (C(OH)–C–C–N with tert-alkyl or cyclic N) is 1. The molecular formula is C16H25ClN2O. The third kappa shape index (κ3) is 3.87. The lowest BCUT2D eigenvalue weighted by molar-refractivity contribution is -0.0198. The molecule has 1 aromatic rings. The number of benzene rings is 1. The van der Waals surface area contributed by atoms with Gasteiger partial charge in [0.25, 0.3) is 0 Å². The van der Waals surface area contributed by atoms with E-state index in [-0.39, 0.29) is 5.92 Å². The molecule has 1 aliphatic rings. The first-order valence-electron chi connectivity index (χ1n) is 7.34. The molecule has 2 rings (SSSR count). The van der Waals surface area contributed by atoms with Crippen LogP contribution in [0.25, 0.3) is 0 Å². The molecule has 1 fully saturated rings. The quantitative estimate of drug-likeness (QED) is 0.925. The summed E-state index contributed by atoms with van der Waals surface area (Å²) in [6.45, 7) is 10.7. The summed E-state index contributed by atoms with van der Waals surface area (Å²) in [5, 5.41) is 11.2. The number of anilines is 1. The van der Waals surface area contributed by atoms with Crippen LogP contribution in [0.2, 0.25) is 5.02 Å². The Balaban J connectivity index is 1.90. The molecule has 0 aromatic heterocycles. The number of nitrogens with zero attached hydrogens (tertiary/aromatic N) is 2. The van der Waals surface area contributed by atoms with Crippen molar-refractivity contribution in [2.45, 2.75) is 26.4 Å². The predicted molar refractivity (Wildman–Crippen MR) is 85.6 cm³/mol. The van der Waals surface area contributed by atoms with Crippen LogP contribution in [0, 0.1) is 5.92 Å². The number of aliphatic hydroxyl groups is 1. The van der Waals surface area contributed by atoms with E-state index in [4.69, 9.17) is 11.6 Å². The summed E-state index contributed by atoms with van der Waals surface area (Å²) in [5.74, 6) is 0.272. The fourth-order valence-corrected chi connectivity index (χ4v) is 2.66. The van der Waals surface area contributed by atoms with E-state index in [1.54, 1.807) is 0 Å². The van der Waals surface area contributed by atoms with Gasteiger partial charge in [0.2, 0.25) is 0 Å². The zero-order valence-corrected chi connectivity index (χ0v) is 13.4. The topological polar surface area (TPSA) is 26.7 Å². The third-order valence-corrected chi connectivity index (χ3v) is 4.57. The van der Waals surface area contributed by atoms with Gasteiger partial charge in [0.05, 0.1) is 5.60 Å². The van der Waals surface area contributed by atoms with Crippen LogP contribution in [-0.4, -0.2) is 48.3 Å². The molecule has 3 nitrogen and oxygen atoms in total. The summed E-state index contributed by atoms with van der Waals surface area (Å²) in [6.07, 6.45) is 0. The zero-order valence-electron chi connectivity index (χ0n) is 12.6. The van der Waals surface area contributed by atoms with Gasteiger partial charge in [-0.15, -0.1) is 0 Å².